The summed E-state index contributed by atoms with van der Waals surface area (Å²) in [6.45, 7) is 0. The second-order valence-corrected chi connectivity index (χ2v) is 5.59. The fourth-order valence-corrected chi connectivity index (χ4v) is 2.51. The standard InChI is InChI=1S/C14H11BrClNO2/c15-12-3-1-2-11(9-12)14(16)8-10-4-6-13(7-5-10)17(18)19/h1-7,9,14H,8H2. The average Bonchev–Trinajstić information content (AvgIpc) is 2.39. The van der Waals surface area contributed by atoms with Crippen LogP contribution in [0.25, 0.3) is 0 Å². The van der Waals surface area contributed by atoms with E-state index in [4.69, 9.17) is 11.6 Å². The molecule has 0 spiro atoms. The molecule has 2 aromatic rings. The molecule has 3 nitrogen and oxygen atoms in total. The molecule has 2 rings (SSSR count). The number of alkyl halides is 1. The van der Waals surface area contributed by atoms with E-state index >= 15 is 0 Å². The quantitative estimate of drug-likeness (QED) is 0.452. The molecule has 1 atom stereocenters. The molecule has 0 aliphatic heterocycles. The zero-order valence-electron chi connectivity index (χ0n) is 9.92. The predicted molar refractivity (Wildman–Crippen MR) is 79.5 cm³/mol. The third-order valence-electron chi connectivity index (χ3n) is 2.77. The highest BCUT2D eigenvalue weighted by molar-refractivity contribution is 9.10. The number of benzene rings is 2. The maximum Gasteiger partial charge on any atom is 0.269 e. The lowest BCUT2D eigenvalue weighted by Gasteiger charge is -2.10. The SMILES string of the molecule is O=[N+]([O-])c1ccc(CC(Cl)c2cccc(Br)c2)cc1. The second kappa shape index (κ2) is 6.17. The molecule has 0 saturated carbocycles. The fourth-order valence-electron chi connectivity index (χ4n) is 1.78. The number of hydrogen-bond acceptors (Lipinski definition) is 2. The Balaban J connectivity index is 2.10. The molecule has 0 aliphatic carbocycles. The molecule has 0 radical (unpaired) electrons. The Kier molecular flexibility index (Phi) is 4.56. The molecule has 1 unspecified atom stereocenters. The van der Waals surface area contributed by atoms with Gasteiger partial charge in [-0.15, -0.1) is 11.6 Å². The van der Waals surface area contributed by atoms with Gasteiger partial charge in [0.1, 0.15) is 0 Å². The van der Waals surface area contributed by atoms with Crippen molar-refractivity contribution in [3.8, 4) is 0 Å². The minimum absolute atomic E-state index is 0.0947. The summed E-state index contributed by atoms with van der Waals surface area (Å²) >= 11 is 9.77. The van der Waals surface area contributed by atoms with Gasteiger partial charge in [-0.25, -0.2) is 0 Å². The number of hydrogen-bond donors (Lipinski definition) is 0. The van der Waals surface area contributed by atoms with Crippen LogP contribution in [-0.4, -0.2) is 4.92 Å². The maximum atomic E-state index is 10.6. The van der Waals surface area contributed by atoms with Gasteiger partial charge in [0.05, 0.1) is 10.3 Å². The van der Waals surface area contributed by atoms with Crippen LogP contribution in [0.15, 0.2) is 53.0 Å². The van der Waals surface area contributed by atoms with Gasteiger partial charge in [-0.3, -0.25) is 10.1 Å². The molecule has 5 heteroatoms. The topological polar surface area (TPSA) is 43.1 Å². The van der Waals surface area contributed by atoms with Crippen LogP contribution in [0.3, 0.4) is 0 Å². The minimum atomic E-state index is -0.406. The Morgan fingerprint density at radius 3 is 2.47 bits per heavy atom. The first-order chi connectivity index (χ1) is 9.06. The average molecular weight is 341 g/mol. The van der Waals surface area contributed by atoms with Gasteiger partial charge in [0.15, 0.2) is 0 Å². The van der Waals surface area contributed by atoms with Gasteiger partial charge in [-0.1, -0.05) is 40.2 Å². The number of halogens is 2. The van der Waals surface area contributed by atoms with Gasteiger partial charge in [-0.05, 0) is 29.7 Å². The summed E-state index contributed by atoms with van der Waals surface area (Å²) < 4.78 is 0.986. The first kappa shape index (κ1) is 14.0. The molecular weight excluding hydrogens is 330 g/mol. The largest absolute Gasteiger partial charge is 0.269 e. The monoisotopic (exact) mass is 339 g/mol. The smallest absolute Gasteiger partial charge is 0.258 e. The Morgan fingerprint density at radius 2 is 1.89 bits per heavy atom. The van der Waals surface area contributed by atoms with Crippen molar-refractivity contribution in [2.24, 2.45) is 0 Å². The van der Waals surface area contributed by atoms with Gasteiger partial charge >= 0.3 is 0 Å². The molecule has 0 fully saturated rings. The van der Waals surface area contributed by atoms with E-state index < -0.39 is 4.92 Å². The molecule has 19 heavy (non-hydrogen) atoms. The number of rotatable bonds is 4. The van der Waals surface area contributed by atoms with Crippen LogP contribution in [0.1, 0.15) is 16.5 Å². The highest BCUT2D eigenvalue weighted by atomic mass is 79.9. The summed E-state index contributed by atoms with van der Waals surface area (Å²) in [5, 5.41) is 10.4. The van der Waals surface area contributed by atoms with Crippen molar-refractivity contribution in [1.29, 1.82) is 0 Å². The summed E-state index contributed by atoms with van der Waals surface area (Å²) in [4.78, 5) is 10.2. The molecule has 98 valence electrons. The molecule has 0 aromatic heterocycles. The van der Waals surface area contributed by atoms with E-state index in [2.05, 4.69) is 15.9 Å². The highest BCUT2D eigenvalue weighted by Crippen LogP contribution is 2.27. The third-order valence-corrected chi connectivity index (χ3v) is 3.67. The molecule has 2 aromatic carbocycles. The molecular formula is C14H11BrClNO2. The van der Waals surface area contributed by atoms with Gasteiger partial charge < -0.3 is 0 Å². The van der Waals surface area contributed by atoms with Crippen molar-refractivity contribution in [3.63, 3.8) is 0 Å². The molecule has 0 bridgehead atoms. The van der Waals surface area contributed by atoms with Crippen molar-refractivity contribution in [2.45, 2.75) is 11.8 Å². The Morgan fingerprint density at radius 1 is 1.21 bits per heavy atom. The van der Waals surface area contributed by atoms with Crippen LogP contribution in [0, 0.1) is 10.1 Å². The van der Waals surface area contributed by atoms with Gasteiger partial charge in [0, 0.05) is 16.6 Å². The number of non-ortho nitro benzene ring substituents is 1. The summed E-state index contributed by atoms with van der Waals surface area (Å²) in [5.74, 6) is 0. The van der Waals surface area contributed by atoms with Crippen molar-refractivity contribution in [1.82, 2.24) is 0 Å². The van der Waals surface area contributed by atoms with Crippen LogP contribution in [0.5, 0.6) is 0 Å². The number of nitro groups is 1. The van der Waals surface area contributed by atoms with E-state index in [1.165, 1.54) is 12.1 Å². The normalized spacial score (nSPS) is 12.1. The van der Waals surface area contributed by atoms with Gasteiger partial charge in [-0.2, -0.15) is 0 Å². The lowest BCUT2D eigenvalue weighted by atomic mass is 10.0. The zero-order valence-corrected chi connectivity index (χ0v) is 12.3. The summed E-state index contributed by atoms with van der Waals surface area (Å²) in [6, 6.07) is 14.3. The van der Waals surface area contributed by atoms with Gasteiger partial charge in [0.2, 0.25) is 0 Å². The number of nitrogens with zero attached hydrogens (tertiary/aromatic N) is 1. The zero-order chi connectivity index (χ0) is 13.8. The minimum Gasteiger partial charge on any atom is -0.258 e. The number of nitro benzene ring substituents is 1. The van der Waals surface area contributed by atoms with Crippen molar-refractivity contribution in [3.05, 3.63) is 74.2 Å². The summed E-state index contributed by atoms with van der Waals surface area (Å²) in [5.41, 5.74) is 2.09. The van der Waals surface area contributed by atoms with E-state index in [1.54, 1.807) is 12.1 Å². The maximum absolute atomic E-state index is 10.6. The van der Waals surface area contributed by atoms with Gasteiger partial charge in [0.25, 0.3) is 5.69 Å². The summed E-state index contributed by atoms with van der Waals surface area (Å²) in [6.07, 6.45) is 0.635. The third kappa shape index (κ3) is 3.78. The van der Waals surface area contributed by atoms with Crippen LogP contribution in [0.2, 0.25) is 0 Å². The van der Waals surface area contributed by atoms with E-state index in [1.807, 2.05) is 24.3 Å². The van der Waals surface area contributed by atoms with Crippen molar-refractivity contribution >= 4 is 33.2 Å². The first-order valence-corrected chi connectivity index (χ1v) is 6.92. The van der Waals surface area contributed by atoms with Crippen molar-refractivity contribution in [2.75, 3.05) is 0 Å². The molecule has 0 saturated heterocycles. The highest BCUT2D eigenvalue weighted by Gasteiger charge is 2.11. The van der Waals surface area contributed by atoms with Crippen molar-refractivity contribution < 1.29 is 4.92 Å². The molecule has 0 heterocycles. The lowest BCUT2D eigenvalue weighted by molar-refractivity contribution is -0.384. The first-order valence-electron chi connectivity index (χ1n) is 5.69. The Labute approximate surface area is 124 Å². The van der Waals surface area contributed by atoms with E-state index in [0.29, 0.717) is 6.42 Å². The van der Waals surface area contributed by atoms with Crippen LogP contribution < -0.4 is 0 Å². The molecule has 0 amide bonds. The lowest BCUT2D eigenvalue weighted by Crippen LogP contribution is -1.96. The fraction of sp³-hybridized carbons (Fsp3) is 0.143. The predicted octanol–water partition coefficient (Wildman–Crippen LogP) is 4.88. The van der Waals surface area contributed by atoms with Crippen LogP contribution in [0.4, 0.5) is 5.69 Å². The molecule has 0 N–H and O–H groups in total. The van der Waals surface area contributed by atoms with Crippen LogP contribution in [-0.2, 0) is 6.42 Å². The Hall–Kier alpha value is -1.39. The van der Waals surface area contributed by atoms with E-state index in [0.717, 1.165) is 15.6 Å². The van der Waals surface area contributed by atoms with E-state index in [9.17, 15) is 10.1 Å². The van der Waals surface area contributed by atoms with Crippen LogP contribution >= 0.6 is 27.5 Å². The second-order valence-electron chi connectivity index (χ2n) is 4.15. The Bertz CT molecular complexity index is 586. The van der Waals surface area contributed by atoms with E-state index in [-0.39, 0.29) is 11.1 Å². The molecule has 0 aliphatic rings. The summed E-state index contributed by atoms with van der Waals surface area (Å²) in [7, 11) is 0.